The lowest BCUT2D eigenvalue weighted by molar-refractivity contribution is -0.385. The summed E-state index contributed by atoms with van der Waals surface area (Å²) >= 11 is 0. The number of para-hydroxylation sites is 2. The third-order valence-corrected chi connectivity index (χ3v) is 2.99. The highest BCUT2D eigenvalue weighted by molar-refractivity contribution is 5.80. The predicted octanol–water partition coefficient (Wildman–Crippen LogP) is 3.18. The Balaban J connectivity index is 1.86. The monoisotopic (exact) mass is 285 g/mol. The van der Waals surface area contributed by atoms with Gasteiger partial charge in [0.2, 0.25) is 0 Å². The fourth-order valence-electron chi connectivity index (χ4n) is 1.89. The summed E-state index contributed by atoms with van der Waals surface area (Å²) in [7, 11) is 0. The van der Waals surface area contributed by atoms with Gasteiger partial charge in [-0.15, -0.1) is 0 Å². The summed E-state index contributed by atoms with van der Waals surface area (Å²) in [6.45, 7) is -0.155. The normalized spacial score (nSPS) is 10.1. The number of Topliss-reactive ketones (excluding diaryl/α,β-unsaturated/α-hetero) is 1. The zero-order valence-electron chi connectivity index (χ0n) is 11.4. The Hall–Kier alpha value is -2.69. The Labute approximate surface area is 122 Å². The Kier molecular flexibility index (Phi) is 5.04. The molecule has 5 heteroatoms. The van der Waals surface area contributed by atoms with E-state index >= 15 is 0 Å². The lowest BCUT2D eigenvalue weighted by Gasteiger charge is -2.06. The van der Waals surface area contributed by atoms with Gasteiger partial charge in [-0.05, 0) is 18.1 Å². The van der Waals surface area contributed by atoms with Gasteiger partial charge in [-0.3, -0.25) is 14.9 Å². The second-order valence-corrected chi connectivity index (χ2v) is 4.54. The lowest BCUT2D eigenvalue weighted by atomic mass is 10.1. The van der Waals surface area contributed by atoms with Crippen molar-refractivity contribution in [1.82, 2.24) is 0 Å². The summed E-state index contributed by atoms with van der Waals surface area (Å²) in [4.78, 5) is 22.1. The average Bonchev–Trinajstić information content (AvgIpc) is 2.52. The first-order chi connectivity index (χ1) is 10.2. The molecule has 21 heavy (non-hydrogen) atoms. The van der Waals surface area contributed by atoms with Crippen molar-refractivity contribution in [2.24, 2.45) is 0 Å². The number of ether oxygens (including phenoxy) is 1. The van der Waals surface area contributed by atoms with Crippen molar-refractivity contribution in [3.63, 3.8) is 0 Å². The second kappa shape index (κ2) is 7.19. The van der Waals surface area contributed by atoms with Crippen molar-refractivity contribution >= 4 is 11.5 Å². The van der Waals surface area contributed by atoms with Gasteiger partial charge >= 0.3 is 5.69 Å². The molecule has 0 aliphatic heterocycles. The molecule has 0 saturated carbocycles. The number of hydrogen-bond donors (Lipinski definition) is 0. The number of hydrogen-bond acceptors (Lipinski definition) is 4. The minimum atomic E-state index is -0.524. The minimum absolute atomic E-state index is 0.0861. The van der Waals surface area contributed by atoms with Crippen LogP contribution >= 0.6 is 0 Å². The van der Waals surface area contributed by atoms with Crippen LogP contribution in [-0.4, -0.2) is 17.3 Å². The van der Waals surface area contributed by atoms with Gasteiger partial charge in [0.25, 0.3) is 0 Å². The van der Waals surface area contributed by atoms with Gasteiger partial charge in [-0.1, -0.05) is 42.5 Å². The van der Waals surface area contributed by atoms with Crippen LogP contribution in [0.2, 0.25) is 0 Å². The van der Waals surface area contributed by atoms with Crippen LogP contribution in [0, 0.1) is 10.1 Å². The molecule has 0 unspecified atom stereocenters. The highest BCUT2D eigenvalue weighted by Gasteiger charge is 2.14. The topological polar surface area (TPSA) is 69.4 Å². The molecule has 0 fully saturated rings. The van der Waals surface area contributed by atoms with Gasteiger partial charge in [-0.2, -0.15) is 0 Å². The van der Waals surface area contributed by atoms with Crippen molar-refractivity contribution in [3.05, 3.63) is 70.3 Å². The van der Waals surface area contributed by atoms with Crippen molar-refractivity contribution in [1.29, 1.82) is 0 Å². The van der Waals surface area contributed by atoms with Gasteiger partial charge in [0, 0.05) is 12.5 Å². The van der Waals surface area contributed by atoms with Crippen LogP contribution in [0.1, 0.15) is 12.0 Å². The molecular formula is C16H15NO4. The summed E-state index contributed by atoms with van der Waals surface area (Å²) < 4.78 is 5.26. The number of rotatable bonds is 7. The van der Waals surface area contributed by atoms with Crippen molar-refractivity contribution < 1.29 is 14.5 Å². The molecule has 0 heterocycles. The highest BCUT2D eigenvalue weighted by Crippen LogP contribution is 2.25. The smallest absolute Gasteiger partial charge is 0.310 e. The van der Waals surface area contributed by atoms with Crippen LogP contribution in [0.5, 0.6) is 5.75 Å². The molecule has 108 valence electrons. The van der Waals surface area contributed by atoms with Crippen molar-refractivity contribution in [3.8, 4) is 5.75 Å². The lowest BCUT2D eigenvalue weighted by Crippen LogP contribution is -2.12. The second-order valence-electron chi connectivity index (χ2n) is 4.54. The molecular weight excluding hydrogens is 270 g/mol. The Bertz CT molecular complexity index is 625. The number of nitrogens with zero attached hydrogens (tertiary/aromatic N) is 1. The van der Waals surface area contributed by atoms with Crippen molar-refractivity contribution in [2.45, 2.75) is 12.8 Å². The minimum Gasteiger partial charge on any atom is -0.479 e. The maximum atomic E-state index is 11.8. The quantitative estimate of drug-likeness (QED) is 0.578. The van der Waals surface area contributed by atoms with E-state index in [0.717, 1.165) is 5.56 Å². The first kappa shape index (κ1) is 14.7. The molecule has 2 aromatic rings. The van der Waals surface area contributed by atoms with Crippen LogP contribution in [0.4, 0.5) is 5.69 Å². The maximum absolute atomic E-state index is 11.8. The molecule has 5 nitrogen and oxygen atoms in total. The first-order valence-corrected chi connectivity index (χ1v) is 6.58. The van der Waals surface area contributed by atoms with E-state index < -0.39 is 4.92 Å². The molecule has 0 bridgehead atoms. The van der Waals surface area contributed by atoms with Gasteiger partial charge in [0.1, 0.15) is 6.61 Å². The Morgan fingerprint density at radius 2 is 1.71 bits per heavy atom. The van der Waals surface area contributed by atoms with Gasteiger partial charge in [-0.25, -0.2) is 0 Å². The SMILES string of the molecule is O=C(CCc1ccccc1)COc1ccccc1[N+](=O)[O-]. The summed E-state index contributed by atoms with van der Waals surface area (Å²) in [6.07, 6.45) is 0.991. The van der Waals surface area contributed by atoms with Crippen LogP contribution in [0.25, 0.3) is 0 Å². The zero-order valence-corrected chi connectivity index (χ0v) is 11.4. The predicted molar refractivity (Wildman–Crippen MR) is 78.4 cm³/mol. The van der Waals surface area contributed by atoms with Gasteiger partial charge in [0.15, 0.2) is 11.5 Å². The summed E-state index contributed by atoms with van der Waals surface area (Å²) in [5, 5.41) is 10.8. The van der Waals surface area contributed by atoms with Crippen LogP contribution < -0.4 is 4.74 Å². The molecule has 0 amide bonds. The van der Waals surface area contributed by atoms with E-state index in [1.54, 1.807) is 12.1 Å². The number of nitro groups is 1. The Morgan fingerprint density at radius 3 is 2.43 bits per heavy atom. The van der Waals surface area contributed by atoms with E-state index in [2.05, 4.69) is 0 Å². The van der Waals surface area contributed by atoms with Crippen LogP contribution in [-0.2, 0) is 11.2 Å². The summed E-state index contributed by atoms with van der Waals surface area (Å²) in [5.41, 5.74) is 0.949. The zero-order chi connectivity index (χ0) is 15.1. The molecule has 0 radical (unpaired) electrons. The number of nitro benzene ring substituents is 1. The highest BCUT2D eigenvalue weighted by atomic mass is 16.6. The van der Waals surface area contributed by atoms with Crippen molar-refractivity contribution in [2.75, 3.05) is 6.61 Å². The van der Waals surface area contributed by atoms with E-state index in [0.29, 0.717) is 12.8 Å². The number of aryl methyl sites for hydroxylation is 1. The standard InChI is InChI=1S/C16H15NO4/c18-14(11-10-13-6-2-1-3-7-13)12-21-16-9-5-4-8-15(16)17(19)20/h1-9H,10-12H2. The fourth-order valence-corrected chi connectivity index (χ4v) is 1.89. The van der Waals surface area contributed by atoms with E-state index in [1.165, 1.54) is 12.1 Å². The van der Waals surface area contributed by atoms with Gasteiger partial charge < -0.3 is 4.74 Å². The summed E-state index contributed by atoms with van der Waals surface area (Å²) in [6, 6.07) is 15.7. The van der Waals surface area contributed by atoms with Gasteiger partial charge in [0.05, 0.1) is 4.92 Å². The third kappa shape index (κ3) is 4.42. The average molecular weight is 285 g/mol. The molecule has 0 N–H and O–H groups in total. The molecule has 0 saturated heterocycles. The van der Waals surface area contributed by atoms with Crippen LogP contribution in [0.3, 0.4) is 0 Å². The van der Waals surface area contributed by atoms with E-state index in [1.807, 2.05) is 30.3 Å². The number of carbonyl (C=O) groups is 1. The molecule has 0 spiro atoms. The third-order valence-electron chi connectivity index (χ3n) is 2.99. The first-order valence-electron chi connectivity index (χ1n) is 6.58. The number of carbonyl (C=O) groups excluding carboxylic acids is 1. The molecule has 0 aliphatic rings. The number of ketones is 1. The fraction of sp³-hybridized carbons (Fsp3) is 0.188. The molecule has 2 rings (SSSR count). The van der Waals surface area contributed by atoms with E-state index in [-0.39, 0.29) is 23.8 Å². The van der Waals surface area contributed by atoms with E-state index in [4.69, 9.17) is 4.74 Å². The van der Waals surface area contributed by atoms with E-state index in [9.17, 15) is 14.9 Å². The molecule has 0 aromatic heterocycles. The molecule has 0 aliphatic carbocycles. The molecule has 0 atom stereocenters. The van der Waals surface area contributed by atoms with Crippen LogP contribution in [0.15, 0.2) is 54.6 Å². The Morgan fingerprint density at radius 1 is 1.05 bits per heavy atom. The largest absolute Gasteiger partial charge is 0.479 e. The summed E-state index contributed by atoms with van der Waals surface area (Å²) in [5.74, 6) is 0.0348. The number of benzene rings is 2. The molecule has 2 aromatic carbocycles. The maximum Gasteiger partial charge on any atom is 0.310 e.